The maximum atomic E-state index is 12.8. The summed E-state index contributed by atoms with van der Waals surface area (Å²) in [7, 11) is 0. The monoisotopic (exact) mass is 328 g/mol. The maximum absolute atomic E-state index is 12.8. The second kappa shape index (κ2) is 5.80. The maximum Gasteiger partial charge on any atom is 0.407 e. The summed E-state index contributed by atoms with van der Waals surface area (Å²) in [5, 5.41) is 2.67. The predicted octanol–water partition coefficient (Wildman–Crippen LogP) is 2.23. The number of cyclic esters (lactones) is 1. The van der Waals surface area contributed by atoms with Crippen molar-refractivity contribution in [3.63, 3.8) is 0 Å². The zero-order valence-electron chi connectivity index (χ0n) is 14.1. The van der Waals surface area contributed by atoms with Gasteiger partial charge >= 0.3 is 6.09 Å². The van der Waals surface area contributed by atoms with Crippen LogP contribution >= 0.6 is 0 Å². The Kier molecular flexibility index (Phi) is 3.74. The van der Waals surface area contributed by atoms with E-state index in [1.807, 2.05) is 4.90 Å². The summed E-state index contributed by atoms with van der Waals surface area (Å²) in [6, 6.07) is 8.66. The molecule has 1 N–H and O–H groups in total. The molecule has 3 aliphatic rings. The van der Waals surface area contributed by atoms with Crippen LogP contribution in [-0.2, 0) is 14.9 Å². The molecule has 5 nitrogen and oxygen atoms in total. The van der Waals surface area contributed by atoms with E-state index in [2.05, 4.69) is 36.5 Å². The molecule has 2 amide bonds. The quantitative estimate of drug-likeness (QED) is 0.906. The van der Waals surface area contributed by atoms with E-state index in [1.165, 1.54) is 17.5 Å². The number of likely N-dealkylation sites (tertiary alicyclic amines) is 1. The number of carbonyl (C=O) groups is 2. The number of ether oxygens (including phenoxy) is 1. The van der Waals surface area contributed by atoms with E-state index in [-0.39, 0.29) is 11.8 Å². The molecule has 2 aliphatic heterocycles. The fourth-order valence-electron chi connectivity index (χ4n) is 4.54. The van der Waals surface area contributed by atoms with Crippen molar-refractivity contribution in [3.05, 3.63) is 35.4 Å². The fourth-order valence-corrected chi connectivity index (χ4v) is 4.54. The molecular formula is C19H24N2O3. The summed E-state index contributed by atoms with van der Waals surface area (Å²) in [6.07, 6.45) is 2.43. The third-order valence-electron chi connectivity index (χ3n) is 6.04. The number of benzene rings is 1. The average Bonchev–Trinajstić information content (AvgIpc) is 3.34. The number of nitrogens with one attached hydrogen (secondary N) is 1. The Bertz CT molecular complexity index is 674. The number of alkyl carbamates (subject to hydrolysis) is 1. The third-order valence-corrected chi connectivity index (χ3v) is 6.04. The zero-order valence-corrected chi connectivity index (χ0v) is 14.1. The zero-order chi connectivity index (χ0) is 16.7. The van der Waals surface area contributed by atoms with Crippen LogP contribution in [-0.4, -0.2) is 43.1 Å². The number of hydrogen-bond donors (Lipinski definition) is 1. The van der Waals surface area contributed by atoms with Crippen molar-refractivity contribution < 1.29 is 14.3 Å². The molecule has 0 aromatic heterocycles. The Balaban J connectivity index is 1.42. The first-order valence-corrected chi connectivity index (χ1v) is 8.86. The van der Waals surface area contributed by atoms with Crippen molar-refractivity contribution >= 4 is 12.0 Å². The highest BCUT2D eigenvalue weighted by molar-refractivity contribution is 5.80. The van der Waals surface area contributed by atoms with Gasteiger partial charge < -0.3 is 15.0 Å². The Morgan fingerprint density at radius 1 is 1.38 bits per heavy atom. The Hall–Kier alpha value is -2.04. The molecule has 2 heterocycles. The molecule has 1 saturated carbocycles. The predicted molar refractivity (Wildman–Crippen MR) is 89.6 cm³/mol. The fraction of sp³-hybridized carbons (Fsp3) is 0.579. The lowest BCUT2D eigenvalue weighted by Gasteiger charge is -2.34. The van der Waals surface area contributed by atoms with Gasteiger partial charge in [0.25, 0.3) is 0 Å². The molecule has 1 aromatic rings. The number of fused-ring (bicyclic) bond motifs is 1. The van der Waals surface area contributed by atoms with Gasteiger partial charge in [0, 0.05) is 25.0 Å². The molecule has 3 fully saturated rings. The summed E-state index contributed by atoms with van der Waals surface area (Å²) in [5.74, 6) is 0.597. The van der Waals surface area contributed by atoms with Gasteiger partial charge in [-0.3, -0.25) is 4.79 Å². The number of nitrogens with zero attached hydrogens (tertiary/aromatic N) is 1. The van der Waals surface area contributed by atoms with Crippen LogP contribution in [0.5, 0.6) is 0 Å². The minimum atomic E-state index is -0.412. The van der Waals surface area contributed by atoms with E-state index in [9.17, 15) is 9.59 Å². The van der Waals surface area contributed by atoms with Crippen LogP contribution in [0.25, 0.3) is 0 Å². The minimum Gasteiger partial charge on any atom is -0.450 e. The Morgan fingerprint density at radius 3 is 3.00 bits per heavy atom. The van der Waals surface area contributed by atoms with Gasteiger partial charge in [-0.2, -0.15) is 0 Å². The number of rotatable bonds is 2. The standard InChI is InChI=1S/C19H24N2O3/c1-13-4-2-3-5-16(13)19-7-8-21(12-15(19)10-19)17(22)14-6-9-24-18(23)20-11-14/h2-5,14-15H,6-12H2,1H3,(H,20,23)/t14-,15?,19?/m1/s1. The third kappa shape index (κ3) is 2.56. The summed E-state index contributed by atoms with van der Waals surface area (Å²) >= 11 is 0. The second-order valence-corrected chi connectivity index (χ2v) is 7.41. The number of piperidine rings is 1. The molecule has 2 saturated heterocycles. The molecule has 1 aromatic carbocycles. The SMILES string of the molecule is Cc1ccccc1C12CCN(C(=O)[C@@H]3CCOC(=O)NC3)CC1C2. The van der Waals surface area contributed by atoms with Gasteiger partial charge in [-0.25, -0.2) is 4.79 Å². The first kappa shape index (κ1) is 15.5. The van der Waals surface area contributed by atoms with Gasteiger partial charge in [0.05, 0.1) is 12.5 Å². The summed E-state index contributed by atoms with van der Waals surface area (Å²) in [5.41, 5.74) is 3.13. The Morgan fingerprint density at radius 2 is 2.21 bits per heavy atom. The van der Waals surface area contributed by atoms with Crippen LogP contribution in [0.15, 0.2) is 24.3 Å². The smallest absolute Gasteiger partial charge is 0.407 e. The molecule has 0 radical (unpaired) electrons. The molecule has 5 heteroatoms. The minimum absolute atomic E-state index is 0.152. The van der Waals surface area contributed by atoms with Crippen molar-refractivity contribution in [1.82, 2.24) is 10.2 Å². The van der Waals surface area contributed by atoms with E-state index in [0.29, 0.717) is 30.9 Å². The lowest BCUT2D eigenvalue weighted by atomic mass is 9.84. The molecule has 128 valence electrons. The van der Waals surface area contributed by atoms with Crippen molar-refractivity contribution in [2.24, 2.45) is 11.8 Å². The molecule has 24 heavy (non-hydrogen) atoms. The van der Waals surface area contributed by atoms with Gasteiger partial charge in [0.15, 0.2) is 0 Å². The largest absolute Gasteiger partial charge is 0.450 e. The first-order chi connectivity index (χ1) is 11.6. The van der Waals surface area contributed by atoms with Crippen molar-refractivity contribution in [2.75, 3.05) is 26.2 Å². The van der Waals surface area contributed by atoms with Crippen LogP contribution in [0.2, 0.25) is 0 Å². The lowest BCUT2D eigenvalue weighted by Crippen LogP contribution is -2.45. The number of carbonyl (C=O) groups excluding carboxylic acids is 2. The van der Waals surface area contributed by atoms with E-state index >= 15 is 0 Å². The van der Waals surface area contributed by atoms with Crippen LogP contribution in [0.1, 0.15) is 30.4 Å². The summed E-state index contributed by atoms with van der Waals surface area (Å²) in [4.78, 5) is 26.1. The number of aryl methyl sites for hydroxylation is 1. The Labute approximate surface area is 142 Å². The van der Waals surface area contributed by atoms with Crippen LogP contribution in [0.3, 0.4) is 0 Å². The molecule has 2 unspecified atom stereocenters. The topological polar surface area (TPSA) is 58.6 Å². The molecule has 0 bridgehead atoms. The summed E-state index contributed by atoms with van der Waals surface area (Å²) < 4.78 is 4.97. The van der Waals surface area contributed by atoms with Gasteiger partial charge in [-0.1, -0.05) is 24.3 Å². The van der Waals surface area contributed by atoms with E-state index in [0.717, 1.165) is 19.5 Å². The van der Waals surface area contributed by atoms with Gasteiger partial charge in [0.2, 0.25) is 5.91 Å². The molecule has 0 spiro atoms. The van der Waals surface area contributed by atoms with Gasteiger partial charge in [0.1, 0.15) is 0 Å². The van der Waals surface area contributed by atoms with Crippen molar-refractivity contribution in [1.29, 1.82) is 0 Å². The molecule has 4 rings (SSSR count). The highest BCUT2D eigenvalue weighted by Gasteiger charge is 2.58. The van der Waals surface area contributed by atoms with Crippen LogP contribution in [0.4, 0.5) is 4.79 Å². The van der Waals surface area contributed by atoms with Crippen LogP contribution < -0.4 is 5.32 Å². The number of amides is 2. The molecular weight excluding hydrogens is 304 g/mol. The van der Waals surface area contributed by atoms with Gasteiger partial charge in [-0.15, -0.1) is 0 Å². The first-order valence-electron chi connectivity index (χ1n) is 8.86. The summed E-state index contributed by atoms with van der Waals surface area (Å²) in [6.45, 7) is 4.56. The normalized spacial score (nSPS) is 32.2. The molecule has 3 atom stereocenters. The highest BCUT2D eigenvalue weighted by Crippen LogP contribution is 2.59. The van der Waals surface area contributed by atoms with E-state index in [4.69, 9.17) is 4.74 Å². The van der Waals surface area contributed by atoms with Crippen molar-refractivity contribution in [3.8, 4) is 0 Å². The van der Waals surface area contributed by atoms with E-state index < -0.39 is 6.09 Å². The highest BCUT2D eigenvalue weighted by atomic mass is 16.5. The second-order valence-electron chi connectivity index (χ2n) is 7.41. The van der Waals surface area contributed by atoms with Gasteiger partial charge in [-0.05, 0) is 43.2 Å². The van der Waals surface area contributed by atoms with E-state index in [1.54, 1.807) is 0 Å². The van der Waals surface area contributed by atoms with Crippen LogP contribution in [0, 0.1) is 18.8 Å². The molecule has 1 aliphatic carbocycles. The van der Waals surface area contributed by atoms with Crippen molar-refractivity contribution in [2.45, 2.75) is 31.6 Å². The average molecular weight is 328 g/mol. The lowest BCUT2D eigenvalue weighted by molar-refractivity contribution is -0.136. The number of hydrogen-bond acceptors (Lipinski definition) is 3.